The van der Waals surface area contributed by atoms with Gasteiger partial charge in [0, 0.05) is 22.5 Å². The number of nitro groups is 1. The van der Waals surface area contributed by atoms with Crippen molar-refractivity contribution in [3.05, 3.63) is 38.9 Å². The van der Waals surface area contributed by atoms with Gasteiger partial charge in [-0.15, -0.1) is 11.6 Å². The molecule has 1 aromatic rings. The second-order valence-corrected chi connectivity index (χ2v) is 5.89. The first-order valence-corrected chi connectivity index (χ1v) is 7.17. The van der Waals surface area contributed by atoms with Crippen molar-refractivity contribution < 1.29 is 9.72 Å². The normalized spacial score (nSPS) is 22.3. The first kappa shape index (κ1) is 15.1. The van der Waals surface area contributed by atoms with Crippen LogP contribution >= 0.6 is 23.2 Å². The topological polar surface area (TPSA) is 72.2 Å². The van der Waals surface area contributed by atoms with E-state index < -0.39 is 10.8 Å². The number of carbonyl (C=O) groups is 1. The predicted octanol–water partition coefficient (Wildman–Crippen LogP) is 3.53. The van der Waals surface area contributed by atoms with Gasteiger partial charge in [0.2, 0.25) is 0 Å². The van der Waals surface area contributed by atoms with Crippen LogP contribution < -0.4 is 5.32 Å². The van der Waals surface area contributed by atoms with Gasteiger partial charge in [0.05, 0.1) is 4.92 Å². The molecule has 1 amide bonds. The van der Waals surface area contributed by atoms with E-state index in [4.69, 9.17) is 23.2 Å². The SMILES string of the molecule is O=C(NC1CCC(Cl)CC1)c1ccc(Cl)cc1[N+](=O)[O-]. The van der Waals surface area contributed by atoms with Gasteiger partial charge < -0.3 is 5.32 Å². The summed E-state index contributed by atoms with van der Waals surface area (Å²) >= 11 is 11.7. The molecular weight excluding hydrogens is 303 g/mol. The van der Waals surface area contributed by atoms with Crippen LogP contribution in [0, 0.1) is 10.1 Å². The number of nitrogens with zero attached hydrogens (tertiary/aromatic N) is 1. The Morgan fingerprint density at radius 1 is 1.30 bits per heavy atom. The van der Waals surface area contributed by atoms with Crippen LogP contribution in [-0.4, -0.2) is 22.2 Å². The first-order chi connectivity index (χ1) is 9.47. The highest BCUT2D eigenvalue weighted by molar-refractivity contribution is 6.31. The zero-order chi connectivity index (χ0) is 14.7. The summed E-state index contributed by atoms with van der Waals surface area (Å²) in [7, 11) is 0. The number of nitrogens with one attached hydrogen (secondary N) is 1. The molecule has 5 nitrogen and oxygen atoms in total. The number of halogens is 2. The highest BCUT2D eigenvalue weighted by atomic mass is 35.5. The van der Waals surface area contributed by atoms with Crippen molar-refractivity contribution in [1.29, 1.82) is 0 Å². The zero-order valence-electron chi connectivity index (χ0n) is 10.6. The molecule has 0 spiro atoms. The monoisotopic (exact) mass is 316 g/mol. The van der Waals surface area contributed by atoms with Crippen molar-refractivity contribution in [2.75, 3.05) is 0 Å². The molecule has 0 atom stereocenters. The van der Waals surface area contributed by atoms with Crippen molar-refractivity contribution in [3.8, 4) is 0 Å². The van der Waals surface area contributed by atoms with Crippen LogP contribution in [0.4, 0.5) is 5.69 Å². The molecule has 0 bridgehead atoms. The highest BCUT2D eigenvalue weighted by Crippen LogP contribution is 2.25. The minimum atomic E-state index is -0.601. The lowest BCUT2D eigenvalue weighted by Crippen LogP contribution is -2.38. The van der Waals surface area contributed by atoms with E-state index in [2.05, 4.69) is 5.32 Å². The van der Waals surface area contributed by atoms with Crippen molar-refractivity contribution in [1.82, 2.24) is 5.32 Å². The maximum Gasteiger partial charge on any atom is 0.283 e. The average Bonchev–Trinajstić information content (AvgIpc) is 2.41. The van der Waals surface area contributed by atoms with Gasteiger partial charge in [0.15, 0.2) is 0 Å². The van der Waals surface area contributed by atoms with Crippen LogP contribution in [0.15, 0.2) is 18.2 Å². The molecule has 1 fully saturated rings. The van der Waals surface area contributed by atoms with E-state index in [0.717, 1.165) is 25.7 Å². The predicted molar refractivity (Wildman–Crippen MR) is 77.5 cm³/mol. The van der Waals surface area contributed by atoms with Gasteiger partial charge in [-0.1, -0.05) is 11.6 Å². The molecule has 20 heavy (non-hydrogen) atoms. The van der Waals surface area contributed by atoms with Crippen molar-refractivity contribution >= 4 is 34.8 Å². The Morgan fingerprint density at radius 3 is 2.55 bits per heavy atom. The van der Waals surface area contributed by atoms with Crippen LogP contribution in [-0.2, 0) is 0 Å². The number of amides is 1. The minimum absolute atomic E-state index is 0.0211. The Kier molecular flexibility index (Phi) is 4.83. The maximum absolute atomic E-state index is 12.1. The summed E-state index contributed by atoms with van der Waals surface area (Å²) in [5.41, 5.74) is -0.242. The second-order valence-electron chi connectivity index (χ2n) is 4.84. The van der Waals surface area contributed by atoms with Crippen molar-refractivity contribution in [2.45, 2.75) is 37.1 Å². The summed E-state index contributed by atoms with van der Waals surface area (Å²) < 4.78 is 0. The molecule has 2 rings (SSSR count). The molecule has 0 aliphatic heterocycles. The fourth-order valence-electron chi connectivity index (χ4n) is 2.31. The summed E-state index contributed by atoms with van der Waals surface area (Å²) in [6.07, 6.45) is 3.27. The minimum Gasteiger partial charge on any atom is -0.349 e. The Labute approximate surface area is 126 Å². The largest absolute Gasteiger partial charge is 0.349 e. The lowest BCUT2D eigenvalue weighted by atomic mass is 9.94. The molecule has 7 heteroatoms. The number of hydrogen-bond donors (Lipinski definition) is 1. The van der Waals surface area contributed by atoms with E-state index >= 15 is 0 Å². The van der Waals surface area contributed by atoms with Crippen LogP contribution in [0.5, 0.6) is 0 Å². The lowest BCUT2D eigenvalue weighted by molar-refractivity contribution is -0.385. The Morgan fingerprint density at radius 2 is 1.95 bits per heavy atom. The number of carbonyl (C=O) groups excluding carboxylic acids is 1. The van der Waals surface area contributed by atoms with E-state index in [0.29, 0.717) is 0 Å². The zero-order valence-corrected chi connectivity index (χ0v) is 12.2. The van der Waals surface area contributed by atoms with Gasteiger partial charge in [0.1, 0.15) is 5.56 Å². The third-order valence-corrected chi connectivity index (χ3v) is 4.06. The van der Waals surface area contributed by atoms with Crippen molar-refractivity contribution in [3.63, 3.8) is 0 Å². The quantitative estimate of drug-likeness (QED) is 0.526. The standard InChI is InChI=1S/C13H14Cl2N2O3/c14-8-1-4-10(5-2-8)16-13(18)11-6-3-9(15)7-12(11)17(19)20/h3,6-8,10H,1-2,4-5H2,(H,16,18). The van der Waals surface area contributed by atoms with Crippen LogP contribution in [0.1, 0.15) is 36.0 Å². The molecule has 1 saturated carbocycles. The van der Waals surface area contributed by atoms with E-state index in [-0.39, 0.29) is 27.7 Å². The molecule has 0 saturated heterocycles. The highest BCUT2D eigenvalue weighted by Gasteiger charge is 2.25. The van der Waals surface area contributed by atoms with E-state index in [9.17, 15) is 14.9 Å². The number of benzene rings is 1. The van der Waals surface area contributed by atoms with Crippen LogP contribution in [0.3, 0.4) is 0 Å². The van der Waals surface area contributed by atoms with Gasteiger partial charge in [0.25, 0.3) is 11.6 Å². The van der Waals surface area contributed by atoms with Gasteiger partial charge in [-0.25, -0.2) is 0 Å². The molecular formula is C13H14Cl2N2O3. The molecule has 1 aromatic carbocycles. The number of hydrogen-bond acceptors (Lipinski definition) is 3. The molecule has 0 unspecified atom stereocenters. The molecule has 0 aromatic heterocycles. The summed E-state index contributed by atoms with van der Waals surface area (Å²) in [6.45, 7) is 0. The molecule has 1 aliphatic carbocycles. The van der Waals surface area contributed by atoms with Gasteiger partial charge in [-0.3, -0.25) is 14.9 Å². The molecule has 0 radical (unpaired) electrons. The van der Waals surface area contributed by atoms with E-state index in [1.54, 1.807) is 0 Å². The lowest BCUT2D eigenvalue weighted by Gasteiger charge is -2.25. The smallest absolute Gasteiger partial charge is 0.283 e. The summed E-state index contributed by atoms with van der Waals surface area (Å²) in [5.74, 6) is -0.439. The molecule has 1 aliphatic rings. The molecule has 1 N–H and O–H groups in total. The first-order valence-electron chi connectivity index (χ1n) is 6.36. The fraction of sp³-hybridized carbons (Fsp3) is 0.462. The Bertz CT molecular complexity index is 528. The summed E-state index contributed by atoms with van der Waals surface area (Å²) in [4.78, 5) is 22.5. The maximum atomic E-state index is 12.1. The van der Waals surface area contributed by atoms with Gasteiger partial charge >= 0.3 is 0 Å². The number of nitro benzene ring substituents is 1. The number of rotatable bonds is 3. The molecule has 0 heterocycles. The average molecular weight is 317 g/mol. The molecule has 108 valence electrons. The van der Waals surface area contributed by atoms with Crippen LogP contribution in [0.25, 0.3) is 0 Å². The van der Waals surface area contributed by atoms with E-state index in [1.807, 2.05) is 0 Å². The van der Waals surface area contributed by atoms with Crippen molar-refractivity contribution in [2.24, 2.45) is 0 Å². The van der Waals surface area contributed by atoms with Gasteiger partial charge in [-0.05, 0) is 37.8 Å². The Balaban J connectivity index is 2.11. The number of alkyl halides is 1. The van der Waals surface area contributed by atoms with Crippen LogP contribution in [0.2, 0.25) is 5.02 Å². The third kappa shape index (κ3) is 3.61. The Hall–Kier alpha value is -1.33. The van der Waals surface area contributed by atoms with Gasteiger partial charge in [-0.2, -0.15) is 0 Å². The summed E-state index contributed by atoms with van der Waals surface area (Å²) in [5, 5.41) is 14.2. The third-order valence-electron chi connectivity index (χ3n) is 3.39. The van der Waals surface area contributed by atoms with E-state index in [1.165, 1.54) is 18.2 Å². The second kappa shape index (κ2) is 6.41. The fourth-order valence-corrected chi connectivity index (χ4v) is 2.73. The summed E-state index contributed by atoms with van der Waals surface area (Å²) in [6, 6.07) is 4.06.